The molecule has 6 nitrogen and oxygen atoms in total. The van der Waals surface area contributed by atoms with Gasteiger partial charge in [-0.05, 0) is 37.0 Å². The van der Waals surface area contributed by atoms with Crippen molar-refractivity contribution >= 4 is 22.6 Å². The van der Waals surface area contributed by atoms with E-state index in [0.29, 0.717) is 6.42 Å². The minimum Gasteiger partial charge on any atom is -0.497 e. The Hall–Kier alpha value is -2.15. The first-order chi connectivity index (χ1) is 13.7. The highest BCUT2D eigenvalue weighted by atomic mass is 32.1. The van der Waals surface area contributed by atoms with E-state index < -0.39 is 0 Å². The first-order valence-corrected chi connectivity index (χ1v) is 11.0. The number of rotatable bonds is 10. The van der Waals surface area contributed by atoms with Crippen molar-refractivity contribution in [2.24, 2.45) is 0 Å². The summed E-state index contributed by atoms with van der Waals surface area (Å²) < 4.78 is 9.80. The van der Waals surface area contributed by atoms with Crippen LogP contribution in [0.4, 0.5) is 5.13 Å². The van der Waals surface area contributed by atoms with Crippen LogP contribution in [0.25, 0.3) is 0 Å². The van der Waals surface area contributed by atoms with Crippen molar-refractivity contribution in [3.8, 4) is 5.75 Å². The number of hydrogen-bond donors (Lipinski definition) is 1. The standard InChI is InChI=1S/C21H30N4O2S/c1-3-4-5-6-12-22-20(26)18-11-8-13-25(18)21-23-19(24-28-21)15-16-9-7-10-17(14-16)27-2/h7,9-10,14,18H,3-6,8,11-13,15H2,1-2H3,(H,22,26)/t18-/m1/s1. The Morgan fingerprint density at radius 2 is 2.25 bits per heavy atom. The molecular formula is C21H30N4O2S. The summed E-state index contributed by atoms with van der Waals surface area (Å²) in [6.07, 6.45) is 7.22. The number of aromatic nitrogens is 2. The van der Waals surface area contributed by atoms with Crippen LogP contribution >= 0.6 is 11.5 Å². The fourth-order valence-corrected chi connectivity index (χ4v) is 4.31. The van der Waals surface area contributed by atoms with Crippen LogP contribution in [0, 0.1) is 0 Å². The molecule has 1 N–H and O–H groups in total. The number of hydrogen-bond acceptors (Lipinski definition) is 6. The highest BCUT2D eigenvalue weighted by Crippen LogP contribution is 2.28. The lowest BCUT2D eigenvalue weighted by molar-refractivity contribution is -0.122. The number of ether oxygens (including phenoxy) is 1. The number of carbonyl (C=O) groups excluding carboxylic acids is 1. The lowest BCUT2D eigenvalue weighted by Crippen LogP contribution is -2.43. The highest BCUT2D eigenvalue weighted by molar-refractivity contribution is 7.09. The zero-order chi connectivity index (χ0) is 19.8. The average molecular weight is 403 g/mol. The van der Waals surface area contributed by atoms with E-state index in [4.69, 9.17) is 9.72 Å². The maximum atomic E-state index is 12.6. The Morgan fingerprint density at radius 3 is 3.07 bits per heavy atom. The summed E-state index contributed by atoms with van der Waals surface area (Å²) in [6, 6.07) is 7.84. The molecule has 1 aromatic heterocycles. The summed E-state index contributed by atoms with van der Waals surface area (Å²) in [4.78, 5) is 19.4. The SMILES string of the molecule is CCCCCCNC(=O)[C@H]1CCCN1c1nc(Cc2cccc(OC)c2)ns1. The number of amides is 1. The first-order valence-electron chi connectivity index (χ1n) is 10.2. The summed E-state index contributed by atoms with van der Waals surface area (Å²) >= 11 is 1.39. The average Bonchev–Trinajstić information content (AvgIpc) is 3.37. The zero-order valence-electron chi connectivity index (χ0n) is 16.8. The van der Waals surface area contributed by atoms with Crippen molar-refractivity contribution in [2.75, 3.05) is 25.1 Å². The Balaban J connectivity index is 1.57. The summed E-state index contributed by atoms with van der Waals surface area (Å²) in [5.41, 5.74) is 1.12. The maximum Gasteiger partial charge on any atom is 0.242 e. The molecule has 1 fully saturated rings. The van der Waals surface area contributed by atoms with Gasteiger partial charge in [0.15, 0.2) is 0 Å². The number of nitrogens with zero attached hydrogens (tertiary/aromatic N) is 3. The molecule has 1 amide bonds. The Bertz CT molecular complexity index is 764. The van der Waals surface area contributed by atoms with E-state index in [0.717, 1.165) is 54.6 Å². The molecule has 7 heteroatoms. The molecule has 1 aliphatic rings. The molecule has 0 bridgehead atoms. The topological polar surface area (TPSA) is 67.4 Å². The van der Waals surface area contributed by atoms with Gasteiger partial charge in [-0.25, -0.2) is 4.98 Å². The second kappa shape index (κ2) is 10.4. The van der Waals surface area contributed by atoms with E-state index in [1.165, 1.54) is 30.8 Å². The predicted octanol–water partition coefficient (Wildman–Crippen LogP) is 3.80. The zero-order valence-corrected chi connectivity index (χ0v) is 17.6. The van der Waals surface area contributed by atoms with Crippen LogP contribution in [0.15, 0.2) is 24.3 Å². The lowest BCUT2D eigenvalue weighted by Gasteiger charge is -2.22. The molecule has 2 aromatic rings. The van der Waals surface area contributed by atoms with E-state index in [1.807, 2.05) is 24.3 Å². The monoisotopic (exact) mass is 402 g/mol. The lowest BCUT2D eigenvalue weighted by atomic mass is 10.1. The smallest absolute Gasteiger partial charge is 0.242 e. The van der Waals surface area contributed by atoms with Gasteiger partial charge in [0, 0.05) is 31.0 Å². The fourth-order valence-electron chi connectivity index (χ4n) is 3.55. The van der Waals surface area contributed by atoms with Crippen LogP contribution in [0.1, 0.15) is 56.8 Å². The molecule has 0 aliphatic carbocycles. The highest BCUT2D eigenvalue weighted by Gasteiger charge is 2.32. The molecule has 28 heavy (non-hydrogen) atoms. The fraction of sp³-hybridized carbons (Fsp3) is 0.571. The predicted molar refractivity (Wildman–Crippen MR) is 113 cm³/mol. The van der Waals surface area contributed by atoms with Crippen LogP contribution in [0.3, 0.4) is 0 Å². The first kappa shape index (κ1) is 20.6. The number of unbranched alkanes of at least 4 members (excludes halogenated alkanes) is 3. The molecule has 0 spiro atoms. The van der Waals surface area contributed by atoms with Crippen LogP contribution in [0.5, 0.6) is 5.75 Å². The van der Waals surface area contributed by atoms with Gasteiger partial charge in [-0.3, -0.25) is 4.79 Å². The van der Waals surface area contributed by atoms with Crippen molar-refractivity contribution in [1.82, 2.24) is 14.7 Å². The summed E-state index contributed by atoms with van der Waals surface area (Å²) in [7, 11) is 1.67. The van der Waals surface area contributed by atoms with Crippen molar-refractivity contribution in [3.63, 3.8) is 0 Å². The Kier molecular flexibility index (Phi) is 7.65. The summed E-state index contributed by atoms with van der Waals surface area (Å²) in [5, 5.41) is 3.95. The van der Waals surface area contributed by atoms with Gasteiger partial charge in [-0.1, -0.05) is 38.3 Å². The van der Waals surface area contributed by atoms with Crippen molar-refractivity contribution in [1.29, 1.82) is 0 Å². The van der Waals surface area contributed by atoms with E-state index in [-0.39, 0.29) is 11.9 Å². The third kappa shape index (κ3) is 5.44. The van der Waals surface area contributed by atoms with Crippen LogP contribution in [-0.4, -0.2) is 41.5 Å². The van der Waals surface area contributed by atoms with Crippen molar-refractivity contribution in [2.45, 2.75) is 57.9 Å². The molecule has 0 unspecified atom stereocenters. The molecule has 1 atom stereocenters. The van der Waals surface area contributed by atoms with E-state index in [9.17, 15) is 4.79 Å². The molecule has 0 saturated carbocycles. The number of methoxy groups -OCH3 is 1. The van der Waals surface area contributed by atoms with Crippen LogP contribution in [0.2, 0.25) is 0 Å². The Morgan fingerprint density at radius 1 is 1.36 bits per heavy atom. The van der Waals surface area contributed by atoms with Gasteiger partial charge in [0.05, 0.1) is 7.11 Å². The molecule has 3 rings (SSSR count). The number of anilines is 1. The molecule has 1 saturated heterocycles. The van der Waals surface area contributed by atoms with Gasteiger partial charge in [0.1, 0.15) is 17.6 Å². The third-order valence-electron chi connectivity index (χ3n) is 5.08. The quantitative estimate of drug-likeness (QED) is 0.612. The number of benzene rings is 1. The largest absolute Gasteiger partial charge is 0.497 e. The van der Waals surface area contributed by atoms with Gasteiger partial charge in [0.25, 0.3) is 0 Å². The third-order valence-corrected chi connectivity index (χ3v) is 5.88. The molecule has 2 heterocycles. The minimum atomic E-state index is -0.121. The van der Waals surface area contributed by atoms with Gasteiger partial charge < -0.3 is 15.0 Å². The minimum absolute atomic E-state index is 0.121. The van der Waals surface area contributed by atoms with Crippen molar-refractivity contribution in [3.05, 3.63) is 35.7 Å². The van der Waals surface area contributed by atoms with Crippen LogP contribution < -0.4 is 15.0 Å². The molecule has 1 aliphatic heterocycles. The molecule has 152 valence electrons. The van der Waals surface area contributed by atoms with E-state index in [2.05, 4.69) is 21.5 Å². The second-order valence-electron chi connectivity index (χ2n) is 7.22. The van der Waals surface area contributed by atoms with Gasteiger partial charge in [-0.15, -0.1) is 0 Å². The molecular weight excluding hydrogens is 372 g/mol. The molecule has 1 aromatic carbocycles. The second-order valence-corrected chi connectivity index (χ2v) is 7.95. The normalized spacial score (nSPS) is 16.4. The number of carbonyl (C=O) groups is 1. The summed E-state index contributed by atoms with van der Waals surface area (Å²) in [5.74, 6) is 1.75. The van der Waals surface area contributed by atoms with Gasteiger partial charge in [0.2, 0.25) is 11.0 Å². The van der Waals surface area contributed by atoms with E-state index >= 15 is 0 Å². The molecule has 0 radical (unpaired) electrons. The van der Waals surface area contributed by atoms with E-state index in [1.54, 1.807) is 7.11 Å². The van der Waals surface area contributed by atoms with Crippen LogP contribution in [-0.2, 0) is 11.2 Å². The van der Waals surface area contributed by atoms with Gasteiger partial charge in [-0.2, -0.15) is 4.37 Å². The van der Waals surface area contributed by atoms with Gasteiger partial charge >= 0.3 is 0 Å². The van der Waals surface area contributed by atoms with Crippen molar-refractivity contribution < 1.29 is 9.53 Å². The maximum absolute atomic E-state index is 12.6. The number of nitrogens with one attached hydrogen (secondary N) is 1. The Labute approximate surface area is 171 Å². The summed E-state index contributed by atoms with van der Waals surface area (Å²) in [6.45, 7) is 3.82.